The van der Waals surface area contributed by atoms with Crippen LogP contribution in [0.3, 0.4) is 0 Å². The molecule has 1 aromatic heterocycles. The van der Waals surface area contributed by atoms with Crippen molar-refractivity contribution >= 4 is 11.7 Å². The maximum absolute atomic E-state index is 12.1. The molecule has 0 saturated carbocycles. The molecule has 90 valence electrons. The normalized spacial score (nSPS) is 11.6. The number of aliphatic hydroxyl groups is 1. The van der Waals surface area contributed by atoms with Gasteiger partial charge in [-0.05, 0) is 13.8 Å². The van der Waals surface area contributed by atoms with Gasteiger partial charge in [-0.3, -0.25) is 9.48 Å². The Morgan fingerprint density at radius 2 is 2.25 bits per heavy atom. The highest BCUT2D eigenvalue weighted by molar-refractivity contribution is 5.98. The van der Waals surface area contributed by atoms with E-state index < -0.39 is 5.54 Å². The number of nitrogens with two attached hydrogens (primary N) is 1. The van der Waals surface area contributed by atoms with Crippen LogP contribution in [0.1, 0.15) is 24.2 Å². The lowest BCUT2D eigenvalue weighted by Gasteiger charge is -2.33. The van der Waals surface area contributed by atoms with Crippen LogP contribution in [0, 0.1) is 0 Å². The average Bonchev–Trinajstić information content (AvgIpc) is 2.58. The van der Waals surface area contributed by atoms with Crippen LogP contribution in [-0.2, 0) is 7.05 Å². The predicted octanol–water partition coefficient (Wildman–Crippen LogP) is -0.155. The molecule has 1 aromatic rings. The maximum Gasteiger partial charge on any atom is 0.259 e. The van der Waals surface area contributed by atoms with Gasteiger partial charge in [-0.2, -0.15) is 5.10 Å². The van der Waals surface area contributed by atoms with Gasteiger partial charge in [-0.15, -0.1) is 0 Å². The summed E-state index contributed by atoms with van der Waals surface area (Å²) in [5.74, 6) is 0.0789. The first-order valence-electron chi connectivity index (χ1n) is 4.97. The number of nitrogens with zero attached hydrogens (tertiary/aromatic N) is 3. The summed E-state index contributed by atoms with van der Waals surface area (Å²) < 4.78 is 1.44. The molecule has 1 rings (SSSR count). The largest absolute Gasteiger partial charge is 0.394 e. The van der Waals surface area contributed by atoms with Gasteiger partial charge >= 0.3 is 0 Å². The number of anilines is 1. The smallest absolute Gasteiger partial charge is 0.259 e. The van der Waals surface area contributed by atoms with Gasteiger partial charge in [0.05, 0.1) is 18.3 Å². The Bertz CT molecular complexity index is 398. The zero-order valence-electron chi connectivity index (χ0n) is 10.1. The van der Waals surface area contributed by atoms with Crippen molar-refractivity contribution in [2.75, 3.05) is 19.4 Å². The van der Waals surface area contributed by atoms with Crippen molar-refractivity contribution in [3.05, 3.63) is 11.8 Å². The minimum absolute atomic E-state index is 0.116. The fraction of sp³-hybridized carbons (Fsp3) is 0.600. The van der Waals surface area contributed by atoms with Crippen LogP contribution in [0.25, 0.3) is 0 Å². The van der Waals surface area contributed by atoms with E-state index in [9.17, 15) is 9.90 Å². The van der Waals surface area contributed by atoms with Gasteiger partial charge in [0.2, 0.25) is 0 Å². The van der Waals surface area contributed by atoms with Crippen molar-refractivity contribution in [1.82, 2.24) is 14.7 Å². The van der Waals surface area contributed by atoms with Crippen LogP contribution in [0.2, 0.25) is 0 Å². The van der Waals surface area contributed by atoms with Gasteiger partial charge in [0.1, 0.15) is 11.4 Å². The standard InChI is InChI=1S/C10H18N4O2/c1-10(2,6-15)13(3)9(16)7-5-12-14(4)8(7)11/h5,15H,6,11H2,1-4H3. The quantitative estimate of drug-likeness (QED) is 0.750. The molecule has 3 N–H and O–H groups in total. The second kappa shape index (κ2) is 4.13. The molecule has 6 nitrogen and oxygen atoms in total. The minimum Gasteiger partial charge on any atom is -0.394 e. The van der Waals surface area contributed by atoms with E-state index in [2.05, 4.69) is 5.10 Å². The average molecular weight is 226 g/mol. The van der Waals surface area contributed by atoms with Gasteiger partial charge in [-0.1, -0.05) is 0 Å². The number of hydrogen-bond acceptors (Lipinski definition) is 4. The van der Waals surface area contributed by atoms with Crippen LogP contribution in [0.15, 0.2) is 6.20 Å². The summed E-state index contributed by atoms with van der Waals surface area (Å²) in [6.45, 7) is 3.43. The van der Waals surface area contributed by atoms with Crippen molar-refractivity contribution < 1.29 is 9.90 Å². The third-order valence-corrected chi connectivity index (χ3v) is 2.81. The topological polar surface area (TPSA) is 84.4 Å². The molecular weight excluding hydrogens is 208 g/mol. The molecule has 0 saturated heterocycles. The fourth-order valence-corrected chi connectivity index (χ4v) is 1.17. The van der Waals surface area contributed by atoms with E-state index in [1.165, 1.54) is 15.8 Å². The molecule has 0 aliphatic carbocycles. The number of aliphatic hydroxyl groups excluding tert-OH is 1. The lowest BCUT2D eigenvalue weighted by Crippen LogP contribution is -2.47. The van der Waals surface area contributed by atoms with Gasteiger partial charge in [0.25, 0.3) is 5.91 Å². The van der Waals surface area contributed by atoms with Crippen molar-refractivity contribution in [2.45, 2.75) is 19.4 Å². The summed E-state index contributed by atoms with van der Waals surface area (Å²) in [5, 5.41) is 13.1. The Labute approximate surface area is 94.6 Å². The summed E-state index contributed by atoms with van der Waals surface area (Å²) in [6, 6.07) is 0. The number of hydrogen-bond donors (Lipinski definition) is 2. The first kappa shape index (κ1) is 12.5. The van der Waals surface area contributed by atoms with Crippen molar-refractivity contribution in [3.63, 3.8) is 0 Å². The van der Waals surface area contributed by atoms with Crippen LogP contribution >= 0.6 is 0 Å². The van der Waals surface area contributed by atoms with Gasteiger partial charge < -0.3 is 15.7 Å². The third kappa shape index (κ3) is 2.01. The molecule has 0 atom stereocenters. The highest BCUT2D eigenvalue weighted by Gasteiger charge is 2.29. The Morgan fingerprint density at radius 3 is 2.62 bits per heavy atom. The molecule has 0 aromatic carbocycles. The van der Waals surface area contributed by atoms with Crippen molar-refractivity contribution in [2.24, 2.45) is 7.05 Å². The molecule has 16 heavy (non-hydrogen) atoms. The van der Waals surface area contributed by atoms with Gasteiger partial charge in [0.15, 0.2) is 0 Å². The Hall–Kier alpha value is -1.56. The number of carbonyl (C=O) groups is 1. The predicted molar refractivity (Wildman–Crippen MR) is 60.9 cm³/mol. The summed E-state index contributed by atoms with van der Waals surface area (Å²) >= 11 is 0. The van der Waals surface area contributed by atoms with Crippen molar-refractivity contribution in [3.8, 4) is 0 Å². The maximum atomic E-state index is 12.1. The second-order valence-electron chi connectivity index (χ2n) is 4.40. The molecule has 6 heteroatoms. The van der Waals surface area contributed by atoms with E-state index in [-0.39, 0.29) is 12.5 Å². The molecule has 0 aliphatic rings. The molecule has 0 radical (unpaired) electrons. The lowest BCUT2D eigenvalue weighted by atomic mass is 10.0. The molecule has 1 heterocycles. The molecule has 0 aliphatic heterocycles. The summed E-state index contributed by atoms with van der Waals surface area (Å²) in [5.41, 5.74) is 5.44. The highest BCUT2D eigenvalue weighted by atomic mass is 16.3. The molecular formula is C10H18N4O2. The zero-order chi connectivity index (χ0) is 12.5. The summed E-state index contributed by atoms with van der Waals surface area (Å²) in [7, 11) is 3.30. The van der Waals surface area contributed by atoms with Gasteiger partial charge in [-0.25, -0.2) is 0 Å². The van der Waals surface area contributed by atoms with E-state index in [1.807, 2.05) is 0 Å². The van der Waals surface area contributed by atoms with E-state index >= 15 is 0 Å². The molecule has 0 spiro atoms. The number of rotatable bonds is 3. The first-order valence-corrected chi connectivity index (χ1v) is 4.97. The van der Waals surface area contributed by atoms with Crippen LogP contribution in [-0.4, -0.2) is 44.9 Å². The Morgan fingerprint density at radius 1 is 1.69 bits per heavy atom. The number of likely N-dealkylation sites (N-methyl/N-ethyl adjacent to an activating group) is 1. The van der Waals surface area contributed by atoms with Crippen LogP contribution < -0.4 is 5.73 Å². The van der Waals surface area contributed by atoms with Crippen LogP contribution in [0.4, 0.5) is 5.82 Å². The lowest BCUT2D eigenvalue weighted by molar-refractivity contribution is 0.0474. The summed E-state index contributed by atoms with van der Waals surface area (Å²) in [4.78, 5) is 13.5. The fourth-order valence-electron chi connectivity index (χ4n) is 1.17. The monoisotopic (exact) mass is 226 g/mol. The van der Waals surface area contributed by atoms with E-state index in [4.69, 9.17) is 5.73 Å². The van der Waals surface area contributed by atoms with Crippen molar-refractivity contribution in [1.29, 1.82) is 0 Å². The Balaban J connectivity index is 2.99. The van der Waals surface area contributed by atoms with E-state index in [0.29, 0.717) is 11.4 Å². The number of aromatic nitrogens is 2. The zero-order valence-corrected chi connectivity index (χ0v) is 10.1. The van der Waals surface area contributed by atoms with Gasteiger partial charge in [0, 0.05) is 14.1 Å². The molecule has 1 amide bonds. The first-order chi connectivity index (χ1) is 7.31. The highest BCUT2D eigenvalue weighted by Crippen LogP contribution is 2.18. The molecule has 0 unspecified atom stereocenters. The number of aryl methyl sites for hydroxylation is 1. The van der Waals surface area contributed by atoms with Crippen LogP contribution in [0.5, 0.6) is 0 Å². The number of carbonyl (C=O) groups excluding carboxylic acids is 1. The SMILES string of the molecule is CN(C(=O)c1cnn(C)c1N)C(C)(C)CO. The van der Waals surface area contributed by atoms with E-state index in [0.717, 1.165) is 0 Å². The number of amides is 1. The number of nitrogen functional groups attached to an aromatic ring is 1. The molecule has 0 bridgehead atoms. The van der Waals surface area contributed by atoms with E-state index in [1.54, 1.807) is 27.9 Å². The third-order valence-electron chi connectivity index (χ3n) is 2.81. The minimum atomic E-state index is -0.626. The summed E-state index contributed by atoms with van der Waals surface area (Å²) in [6.07, 6.45) is 1.43. The second-order valence-corrected chi connectivity index (χ2v) is 4.40. The Kier molecular flexibility index (Phi) is 3.23. The molecule has 0 fully saturated rings.